The fraction of sp³-hybridized carbons (Fsp3) is 0.417. The molecule has 92 valence electrons. The van der Waals surface area contributed by atoms with Crippen molar-refractivity contribution in [3.63, 3.8) is 0 Å². The van der Waals surface area contributed by atoms with Gasteiger partial charge in [-0.15, -0.1) is 0 Å². The summed E-state index contributed by atoms with van der Waals surface area (Å²) in [5.41, 5.74) is 1.04. The van der Waals surface area contributed by atoms with E-state index in [0.29, 0.717) is 12.4 Å². The second-order valence-electron chi connectivity index (χ2n) is 3.84. The number of carbonyl (C=O) groups excluding carboxylic acids is 1. The fourth-order valence-electron chi connectivity index (χ4n) is 1.87. The van der Waals surface area contributed by atoms with Gasteiger partial charge in [0, 0.05) is 0 Å². The fourth-order valence-corrected chi connectivity index (χ4v) is 3.21. The molecule has 2 atom stereocenters. The normalized spacial score (nSPS) is 23.6. The molecule has 0 bridgehead atoms. The second kappa shape index (κ2) is 5.42. The van der Waals surface area contributed by atoms with Crippen LogP contribution in [0.1, 0.15) is 17.9 Å². The van der Waals surface area contributed by atoms with Crippen molar-refractivity contribution in [2.24, 2.45) is 0 Å². The van der Waals surface area contributed by atoms with Gasteiger partial charge in [-0.25, -0.2) is 0 Å². The van der Waals surface area contributed by atoms with E-state index in [2.05, 4.69) is 0 Å². The Hall–Kier alpha value is -1.20. The van der Waals surface area contributed by atoms with Crippen molar-refractivity contribution >= 4 is 17.7 Å². The monoisotopic (exact) mass is 253 g/mol. The average molecular weight is 253 g/mol. The van der Waals surface area contributed by atoms with Crippen LogP contribution >= 0.6 is 11.8 Å². The summed E-state index contributed by atoms with van der Waals surface area (Å²) in [7, 11) is 0. The Morgan fingerprint density at radius 1 is 1.59 bits per heavy atom. The minimum atomic E-state index is -0.992. The summed E-state index contributed by atoms with van der Waals surface area (Å²) in [5.74, 6) is 0.421. The molecule has 0 radical (unpaired) electrons. The van der Waals surface area contributed by atoms with Crippen LogP contribution in [0.15, 0.2) is 24.3 Å². The molecule has 2 N–H and O–H groups in total. The number of aliphatic carboxylic acids is 1. The lowest BCUT2D eigenvalue weighted by molar-refractivity contribution is -0.690. The Labute approximate surface area is 104 Å². The number of hydrogen-bond donors (Lipinski definition) is 1. The van der Waals surface area contributed by atoms with E-state index in [-0.39, 0.29) is 5.37 Å². The van der Waals surface area contributed by atoms with E-state index in [4.69, 9.17) is 4.74 Å². The summed E-state index contributed by atoms with van der Waals surface area (Å²) in [6.07, 6.45) is 0. The van der Waals surface area contributed by atoms with Gasteiger partial charge in [0.15, 0.2) is 5.37 Å². The number of benzene rings is 1. The number of nitrogens with two attached hydrogens (primary N) is 1. The molecule has 0 aliphatic carbocycles. The predicted molar refractivity (Wildman–Crippen MR) is 63.5 cm³/mol. The zero-order chi connectivity index (χ0) is 12.3. The highest BCUT2D eigenvalue weighted by Gasteiger charge is 2.32. The van der Waals surface area contributed by atoms with Gasteiger partial charge < -0.3 is 20.0 Å². The average Bonchev–Trinajstić information content (AvgIpc) is 2.79. The van der Waals surface area contributed by atoms with E-state index in [1.54, 1.807) is 11.8 Å². The van der Waals surface area contributed by atoms with Crippen LogP contribution in [0.3, 0.4) is 0 Å². The number of quaternary nitrogens is 1. The second-order valence-corrected chi connectivity index (χ2v) is 5.02. The Balaban J connectivity index is 2.15. The summed E-state index contributed by atoms with van der Waals surface area (Å²) in [6, 6.07) is 7.30. The molecule has 0 spiro atoms. The molecule has 1 aliphatic heterocycles. The van der Waals surface area contributed by atoms with E-state index < -0.39 is 12.0 Å². The van der Waals surface area contributed by atoms with Crippen LogP contribution in [-0.2, 0) is 4.79 Å². The van der Waals surface area contributed by atoms with Gasteiger partial charge in [0.2, 0.25) is 0 Å². The van der Waals surface area contributed by atoms with Crippen molar-refractivity contribution < 1.29 is 20.0 Å². The molecule has 5 heteroatoms. The molecule has 0 amide bonds. The highest BCUT2D eigenvalue weighted by molar-refractivity contribution is 7.99. The first-order valence-corrected chi connectivity index (χ1v) is 6.66. The predicted octanol–water partition coefficient (Wildman–Crippen LogP) is -0.487. The first kappa shape index (κ1) is 12.3. The Bertz CT molecular complexity index is 410. The van der Waals surface area contributed by atoms with Gasteiger partial charge in [-0.3, -0.25) is 0 Å². The Morgan fingerprint density at radius 3 is 3.00 bits per heavy atom. The SMILES string of the molecule is CCOc1ccccc1[C@@H]1[NH2+][C@H](C(=O)[O-])CS1. The van der Waals surface area contributed by atoms with Gasteiger partial charge in [-0.1, -0.05) is 23.9 Å². The largest absolute Gasteiger partial charge is 0.544 e. The molecule has 1 saturated heterocycles. The first-order valence-electron chi connectivity index (χ1n) is 5.61. The number of carbonyl (C=O) groups is 1. The van der Waals surface area contributed by atoms with Crippen molar-refractivity contribution in [2.45, 2.75) is 18.3 Å². The number of carboxylic acid groups (broad SMARTS) is 1. The summed E-state index contributed by atoms with van der Waals surface area (Å²) in [5, 5.41) is 12.7. The minimum Gasteiger partial charge on any atom is -0.544 e. The van der Waals surface area contributed by atoms with Gasteiger partial charge in [-0.2, -0.15) is 0 Å². The Morgan fingerprint density at radius 2 is 2.35 bits per heavy atom. The van der Waals surface area contributed by atoms with Gasteiger partial charge in [-0.05, 0) is 19.1 Å². The summed E-state index contributed by atoms with van der Waals surface area (Å²) >= 11 is 1.62. The number of hydrogen-bond acceptors (Lipinski definition) is 4. The molecule has 1 aromatic carbocycles. The van der Waals surface area contributed by atoms with E-state index >= 15 is 0 Å². The van der Waals surface area contributed by atoms with Crippen LogP contribution < -0.4 is 15.2 Å². The van der Waals surface area contributed by atoms with Gasteiger partial charge in [0.25, 0.3) is 0 Å². The summed E-state index contributed by atoms with van der Waals surface area (Å²) in [4.78, 5) is 10.8. The first-order chi connectivity index (χ1) is 8.22. The van der Waals surface area contributed by atoms with E-state index in [9.17, 15) is 9.90 Å². The van der Waals surface area contributed by atoms with Gasteiger partial charge >= 0.3 is 0 Å². The molecule has 1 heterocycles. The molecule has 0 saturated carbocycles. The van der Waals surface area contributed by atoms with Crippen molar-refractivity contribution in [1.29, 1.82) is 0 Å². The van der Waals surface area contributed by atoms with Crippen LogP contribution in [0.25, 0.3) is 0 Å². The summed E-state index contributed by atoms with van der Waals surface area (Å²) < 4.78 is 5.55. The number of rotatable bonds is 4. The zero-order valence-electron chi connectivity index (χ0n) is 9.59. The standard InChI is InChI=1S/C12H15NO3S/c1-2-16-10-6-4-3-5-8(10)11-13-9(7-17-11)12(14)15/h3-6,9,11,13H,2,7H2,1H3,(H,14,15)/t9-,11+/m0/s1. The summed E-state index contributed by atoms with van der Waals surface area (Å²) in [6.45, 7) is 2.55. The molecule has 2 rings (SSSR count). The molecule has 17 heavy (non-hydrogen) atoms. The highest BCUT2D eigenvalue weighted by Crippen LogP contribution is 2.32. The van der Waals surface area contributed by atoms with Crippen molar-refractivity contribution in [2.75, 3.05) is 12.4 Å². The van der Waals surface area contributed by atoms with E-state index in [1.165, 1.54) is 0 Å². The van der Waals surface area contributed by atoms with Crippen LogP contribution in [0.5, 0.6) is 5.75 Å². The Kier molecular flexibility index (Phi) is 3.91. The van der Waals surface area contributed by atoms with Crippen LogP contribution in [0.2, 0.25) is 0 Å². The quantitative estimate of drug-likeness (QED) is 0.786. The van der Waals surface area contributed by atoms with Crippen molar-refractivity contribution in [1.82, 2.24) is 0 Å². The molecular weight excluding hydrogens is 238 g/mol. The molecular formula is C12H15NO3S. The number of carboxylic acids is 1. The number of ether oxygens (including phenoxy) is 1. The maximum atomic E-state index is 10.8. The van der Waals surface area contributed by atoms with Crippen molar-refractivity contribution in [3.8, 4) is 5.75 Å². The molecule has 1 aromatic rings. The third-order valence-electron chi connectivity index (χ3n) is 2.69. The van der Waals surface area contributed by atoms with E-state index in [1.807, 2.05) is 36.5 Å². The number of para-hydroxylation sites is 1. The van der Waals surface area contributed by atoms with Gasteiger partial charge in [0.1, 0.15) is 17.8 Å². The molecule has 0 aromatic heterocycles. The third-order valence-corrected chi connectivity index (χ3v) is 4.01. The minimum absolute atomic E-state index is 0.0839. The lowest BCUT2D eigenvalue weighted by Crippen LogP contribution is -2.90. The molecule has 1 aliphatic rings. The van der Waals surface area contributed by atoms with Crippen molar-refractivity contribution in [3.05, 3.63) is 29.8 Å². The highest BCUT2D eigenvalue weighted by atomic mass is 32.2. The topological polar surface area (TPSA) is 66.0 Å². The maximum absolute atomic E-state index is 10.8. The van der Waals surface area contributed by atoms with Crippen LogP contribution in [0.4, 0.5) is 0 Å². The molecule has 0 unspecified atom stereocenters. The third kappa shape index (κ3) is 2.73. The lowest BCUT2D eigenvalue weighted by atomic mass is 10.2. The lowest BCUT2D eigenvalue weighted by Gasteiger charge is -2.14. The zero-order valence-corrected chi connectivity index (χ0v) is 10.4. The van der Waals surface area contributed by atoms with Crippen LogP contribution in [0, 0.1) is 0 Å². The van der Waals surface area contributed by atoms with Gasteiger partial charge in [0.05, 0.1) is 17.9 Å². The maximum Gasteiger partial charge on any atom is 0.163 e. The number of thioether (sulfide) groups is 1. The smallest absolute Gasteiger partial charge is 0.163 e. The van der Waals surface area contributed by atoms with E-state index in [0.717, 1.165) is 11.3 Å². The van der Waals surface area contributed by atoms with Crippen LogP contribution in [-0.4, -0.2) is 24.4 Å². The molecule has 1 fully saturated rings. The molecule has 4 nitrogen and oxygen atoms in total.